The lowest BCUT2D eigenvalue weighted by Crippen LogP contribution is -2.37. The van der Waals surface area contributed by atoms with E-state index < -0.39 is 5.91 Å². The number of rotatable bonds is 1. The van der Waals surface area contributed by atoms with Gasteiger partial charge in [-0.05, 0) is 16.4 Å². The Kier molecular flexibility index (Phi) is 3.67. The molecule has 0 saturated carbocycles. The number of nitrogens with zero attached hydrogens (tertiary/aromatic N) is 1. The zero-order valence-corrected chi connectivity index (χ0v) is 12.9. The standard InChI is InChI=1S/C15H24N2O2/c1-14(2,3)10-9(12(16)18)8-17(7)13(19)11(10)15(4,5)6/h8H,1-7H3,(H2,16,18). The van der Waals surface area contributed by atoms with Gasteiger partial charge in [-0.2, -0.15) is 0 Å². The van der Waals surface area contributed by atoms with Crippen molar-refractivity contribution in [2.24, 2.45) is 12.8 Å². The summed E-state index contributed by atoms with van der Waals surface area (Å²) >= 11 is 0. The van der Waals surface area contributed by atoms with Gasteiger partial charge in [0.05, 0.1) is 5.56 Å². The molecule has 19 heavy (non-hydrogen) atoms. The predicted molar refractivity (Wildman–Crippen MR) is 77.6 cm³/mol. The Hall–Kier alpha value is -1.58. The highest BCUT2D eigenvalue weighted by Crippen LogP contribution is 2.33. The van der Waals surface area contributed by atoms with Gasteiger partial charge in [-0.3, -0.25) is 9.59 Å². The van der Waals surface area contributed by atoms with Gasteiger partial charge in [0.25, 0.3) is 11.5 Å². The van der Waals surface area contributed by atoms with Gasteiger partial charge >= 0.3 is 0 Å². The zero-order chi connectivity index (χ0) is 15.2. The third kappa shape index (κ3) is 2.88. The Labute approximate surface area is 114 Å². The molecule has 0 radical (unpaired) electrons. The normalized spacial score (nSPS) is 12.6. The van der Waals surface area contributed by atoms with Gasteiger partial charge in [0, 0.05) is 18.8 Å². The summed E-state index contributed by atoms with van der Waals surface area (Å²) in [6.45, 7) is 11.9. The molecule has 0 aliphatic heterocycles. The molecule has 0 saturated heterocycles. The van der Waals surface area contributed by atoms with Crippen molar-refractivity contribution in [3.05, 3.63) is 33.2 Å². The van der Waals surface area contributed by atoms with Crippen molar-refractivity contribution in [3.8, 4) is 0 Å². The fourth-order valence-electron chi connectivity index (χ4n) is 2.40. The van der Waals surface area contributed by atoms with Crippen LogP contribution in [0.25, 0.3) is 0 Å². The molecule has 2 N–H and O–H groups in total. The van der Waals surface area contributed by atoms with E-state index >= 15 is 0 Å². The second kappa shape index (κ2) is 4.51. The van der Waals surface area contributed by atoms with Crippen molar-refractivity contribution in [2.75, 3.05) is 0 Å². The minimum Gasteiger partial charge on any atom is -0.366 e. The summed E-state index contributed by atoms with van der Waals surface area (Å²) in [5.41, 5.74) is 6.61. The SMILES string of the molecule is Cn1cc(C(N)=O)c(C(C)(C)C)c(C(C)(C)C)c1=O. The van der Waals surface area contributed by atoms with Gasteiger partial charge in [0.2, 0.25) is 0 Å². The molecule has 1 aromatic rings. The van der Waals surface area contributed by atoms with E-state index in [4.69, 9.17) is 5.73 Å². The first-order chi connectivity index (χ1) is 8.37. The predicted octanol–water partition coefficient (Wildman–Crippen LogP) is 2.08. The molecule has 0 aliphatic carbocycles. The molecule has 0 aromatic carbocycles. The molecule has 0 aliphatic rings. The molecule has 1 amide bonds. The van der Waals surface area contributed by atoms with E-state index in [-0.39, 0.29) is 16.4 Å². The average Bonchev–Trinajstić information content (AvgIpc) is 2.17. The molecule has 1 rings (SSSR count). The van der Waals surface area contributed by atoms with Crippen LogP contribution in [-0.4, -0.2) is 10.5 Å². The largest absolute Gasteiger partial charge is 0.366 e. The van der Waals surface area contributed by atoms with Crippen molar-refractivity contribution < 1.29 is 4.79 Å². The van der Waals surface area contributed by atoms with E-state index in [1.165, 1.54) is 4.57 Å². The van der Waals surface area contributed by atoms with Gasteiger partial charge in [-0.1, -0.05) is 41.5 Å². The summed E-state index contributed by atoms with van der Waals surface area (Å²) in [6, 6.07) is 0. The fraction of sp³-hybridized carbons (Fsp3) is 0.600. The molecule has 4 nitrogen and oxygen atoms in total. The van der Waals surface area contributed by atoms with Crippen LogP contribution in [0.4, 0.5) is 0 Å². The van der Waals surface area contributed by atoms with E-state index in [1.54, 1.807) is 13.2 Å². The van der Waals surface area contributed by atoms with Gasteiger partial charge in [-0.15, -0.1) is 0 Å². The molecule has 1 aromatic heterocycles. The molecule has 0 unspecified atom stereocenters. The fourth-order valence-corrected chi connectivity index (χ4v) is 2.40. The van der Waals surface area contributed by atoms with Crippen molar-refractivity contribution in [1.82, 2.24) is 4.57 Å². The van der Waals surface area contributed by atoms with Crippen molar-refractivity contribution >= 4 is 5.91 Å². The Morgan fingerprint density at radius 2 is 1.47 bits per heavy atom. The number of pyridine rings is 1. The number of nitrogens with two attached hydrogens (primary N) is 1. The van der Waals surface area contributed by atoms with Crippen molar-refractivity contribution in [2.45, 2.75) is 52.4 Å². The van der Waals surface area contributed by atoms with Crippen LogP contribution in [0, 0.1) is 0 Å². The summed E-state index contributed by atoms with van der Waals surface area (Å²) in [7, 11) is 1.65. The van der Waals surface area contributed by atoms with Crippen LogP contribution in [-0.2, 0) is 17.9 Å². The summed E-state index contributed by atoms with van der Waals surface area (Å²) in [5.74, 6) is -0.494. The number of hydrogen-bond donors (Lipinski definition) is 1. The quantitative estimate of drug-likeness (QED) is 0.844. The summed E-state index contributed by atoms with van der Waals surface area (Å²) in [6.07, 6.45) is 1.54. The molecular weight excluding hydrogens is 240 g/mol. The summed E-state index contributed by atoms with van der Waals surface area (Å²) in [5, 5.41) is 0. The second-order valence-corrected chi connectivity index (χ2v) is 7.07. The molecule has 0 bridgehead atoms. The van der Waals surface area contributed by atoms with E-state index in [0.29, 0.717) is 11.1 Å². The molecule has 0 atom stereocenters. The third-order valence-electron chi connectivity index (χ3n) is 3.14. The lowest BCUT2D eigenvalue weighted by molar-refractivity contribution is 0.0997. The molecular formula is C15H24N2O2. The second-order valence-electron chi connectivity index (χ2n) is 7.07. The smallest absolute Gasteiger partial charge is 0.254 e. The number of primary amides is 1. The molecule has 0 spiro atoms. The Morgan fingerprint density at radius 1 is 1.05 bits per heavy atom. The van der Waals surface area contributed by atoms with Crippen LogP contribution in [0.1, 0.15) is 63.0 Å². The van der Waals surface area contributed by atoms with Crippen LogP contribution in [0.3, 0.4) is 0 Å². The Balaban J connectivity index is 3.98. The van der Waals surface area contributed by atoms with E-state index in [2.05, 4.69) is 0 Å². The zero-order valence-electron chi connectivity index (χ0n) is 12.9. The third-order valence-corrected chi connectivity index (χ3v) is 3.14. The monoisotopic (exact) mass is 264 g/mol. The summed E-state index contributed by atoms with van der Waals surface area (Å²) in [4.78, 5) is 24.2. The minimum absolute atomic E-state index is 0.0672. The topological polar surface area (TPSA) is 65.1 Å². The van der Waals surface area contributed by atoms with E-state index in [0.717, 1.165) is 5.56 Å². The highest BCUT2D eigenvalue weighted by molar-refractivity contribution is 5.94. The number of aryl methyl sites for hydroxylation is 1. The number of hydrogen-bond acceptors (Lipinski definition) is 2. The molecule has 106 valence electrons. The van der Waals surface area contributed by atoms with Crippen LogP contribution in [0.5, 0.6) is 0 Å². The Bertz CT molecular complexity index is 570. The minimum atomic E-state index is -0.494. The lowest BCUT2D eigenvalue weighted by Gasteiger charge is -2.31. The first-order valence-corrected chi connectivity index (χ1v) is 6.41. The van der Waals surface area contributed by atoms with Crippen molar-refractivity contribution in [3.63, 3.8) is 0 Å². The van der Waals surface area contributed by atoms with Gasteiger partial charge in [-0.25, -0.2) is 0 Å². The highest BCUT2D eigenvalue weighted by Gasteiger charge is 2.32. The highest BCUT2D eigenvalue weighted by atomic mass is 16.1. The van der Waals surface area contributed by atoms with Gasteiger partial charge in [0.1, 0.15) is 0 Å². The van der Waals surface area contributed by atoms with E-state index in [1.807, 2.05) is 41.5 Å². The number of aromatic nitrogens is 1. The molecule has 0 fully saturated rings. The first-order valence-electron chi connectivity index (χ1n) is 6.41. The van der Waals surface area contributed by atoms with Gasteiger partial charge < -0.3 is 10.3 Å². The number of amides is 1. The maximum absolute atomic E-state index is 12.5. The summed E-state index contributed by atoms with van der Waals surface area (Å²) < 4.78 is 1.44. The van der Waals surface area contributed by atoms with E-state index in [9.17, 15) is 9.59 Å². The van der Waals surface area contributed by atoms with Crippen LogP contribution in [0.2, 0.25) is 0 Å². The van der Waals surface area contributed by atoms with Crippen molar-refractivity contribution in [1.29, 1.82) is 0 Å². The van der Waals surface area contributed by atoms with Crippen LogP contribution < -0.4 is 11.3 Å². The first kappa shape index (κ1) is 15.5. The maximum Gasteiger partial charge on any atom is 0.254 e. The number of carbonyl (C=O) groups is 1. The molecule has 4 heteroatoms. The average molecular weight is 264 g/mol. The lowest BCUT2D eigenvalue weighted by atomic mass is 9.74. The number of carbonyl (C=O) groups excluding carboxylic acids is 1. The molecule has 1 heterocycles. The van der Waals surface area contributed by atoms with Gasteiger partial charge in [0.15, 0.2) is 0 Å². The van der Waals surface area contributed by atoms with Crippen LogP contribution >= 0.6 is 0 Å². The Morgan fingerprint density at radius 3 is 1.79 bits per heavy atom. The maximum atomic E-state index is 12.5. The van der Waals surface area contributed by atoms with Crippen LogP contribution in [0.15, 0.2) is 11.0 Å².